The van der Waals surface area contributed by atoms with Gasteiger partial charge in [0.15, 0.2) is 15.0 Å². The van der Waals surface area contributed by atoms with Crippen LogP contribution in [0, 0.1) is 0 Å². The molecule has 0 unspecified atom stereocenters. The number of anilines is 1. The summed E-state index contributed by atoms with van der Waals surface area (Å²) in [5.41, 5.74) is 2.04. The van der Waals surface area contributed by atoms with Crippen LogP contribution >= 0.6 is 11.3 Å². The van der Waals surface area contributed by atoms with Crippen molar-refractivity contribution in [2.24, 2.45) is 0 Å². The third kappa shape index (κ3) is 4.42. The Labute approximate surface area is 185 Å². The minimum absolute atomic E-state index is 0.154. The molecule has 0 spiro atoms. The average molecular weight is 449 g/mol. The first-order valence-electron chi connectivity index (χ1n) is 9.54. The number of aromatic nitrogens is 1. The summed E-state index contributed by atoms with van der Waals surface area (Å²) in [4.78, 5) is 19.7. The summed E-state index contributed by atoms with van der Waals surface area (Å²) in [6.45, 7) is 4.10. The molecule has 0 aliphatic carbocycles. The SMILES string of the molecule is C=CCN(C(=O)c1ccc2ccccc2c1)c1nc(-c2ccc(S(C)(=O)=O)cc2)cs1. The zero-order chi connectivity index (χ0) is 22.0. The van der Waals surface area contributed by atoms with E-state index in [0.717, 1.165) is 16.3 Å². The summed E-state index contributed by atoms with van der Waals surface area (Å²) >= 11 is 1.36. The van der Waals surface area contributed by atoms with Crippen LogP contribution < -0.4 is 4.90 Å². The number of carbonyl (C=O) groups excluding carboxylic acids is 1. The van der Waals surface area contributed by atoms with Gasteiger partial charge >= 0.3 is 0 Å². The maximum atomic E-state index is 13.3. The molecular formula is C24H20N2O3S2. The molecule has 4 aromatic rings. The van der Waals surface area contributed by atoms with E-state index in [1.807, 2.05) is 47.8 Å². The molecule has 3 aromatic carbocycles. The quantitative estimate of drug-likeness (QED) is 0.380. The van der Waals surface area contributed by atoms with Crippen LogP contribution in [0.4, 0.5) is 5.13 Å². The maximum Gasteiger partial charge on any atom is 0.260 e. The lowest BCUT2D eigenvalue weighted by Gasteiger charge is -2.18. The third-order valence-electron chi connectivity index (χ3n) is 4.85. The van der Waals surface area contributed by atoms with Gasteiger partial charge in [0.1, 0.15) is 0 Å². The Kier molecular flexibility index (Phi) is 5.71. The van der Waals surface area contributed by atoms with Crippen molar-refractivity contribution in [3.8, 4) is 11.3 Å². The highest BCUT2D eigenvalue weighted by Gasteiger charge is 2.20. The molecule has 0 aliphatic heterocycles. The van der Waals surface area contributed by atoms with Gasteiger partial charge in [0, 0.05) is 29.3 Å². The highest BCUT2D eigenvalue weighted by Crippen LogP contribution is 2.29. The molecule has 1 amide bonds. The predicted octanol–water partition coefficient (Wildman–Crippen LogP) is 5.20. The monoisotopic (exact) mass is 448 g/mol. The first kappa shape index (κ1) is 21.0. The van der Waals surface area contributed by atoms with Crippen LogP contribution in [0.3, 0.4) is 0 Å². The van der Waals surface area contributed by atoms with Gasteiger partial charge in [-0.05, 0) is 35.0 Å². The Morgan fingerprint density at radius 2 is 1.77 bits per heavy atom. The summed E-state index contributed by atoms with van der Waals surface area (Å²) in [6.07, 6.45) is 2.84. The number of benzene rings is 3. The Bertz CT molecular complexity index is 1370. The van der Waals surface area contributed by atoms with Crippen LogP contribution in [-0.2, 0) is 9.84 Å². The molecule has 0 saturated carbocycles. The summed E-state index contributed by atoms with van der Waals surface area (Å²) in [5, 5.41) is 4.48. The normalized spacial score (nSPS) is 11.4. The number of rotatable bonds is 6. The number of carbonyl (C=O) groups is 1. The molecule has 0 N–H and O–H groups in total. The van der Waals surface area contributed by atoms with Gasteiger partial charge in [0.25, 0.3) is 5.91 Å². The largest absolute Gasteiger partial charge is 0.280 e. The zero-order valence-corrected chi connectivity index (χ0v) is 18.5. The molecular weight excluding hydrogens is 428 g/mol. The van der Waals surface area contributed by atoms with Crippen molar-refractivity contribution in [2.45, 2.75) is 4.90 Å². The van der Waals surface area contributed by atoms with Crippen molar-refractivity contribution in [1.82, 2.24) is 4.98 Å². The molecule has 1 aromatic heterocycles. The summed E-state index contributed by atoms with van der Waals surface area (Å²) in [5.74, 6) is -0.154. The smallest absolute Gasteiger partial charge is 0.260 e. The van der Waals surface area contributed by atoms with Crippen LogP contribution in [0.15, 0.2) is 89.7 Å². The van der Waals surface area contributed by atoms with E-state index in [1.54, 1.807) is 35.2 Å². The minimum Gasteiger partial charge on any atom is -0.280 e. The van der Waals surface area contributed by atoms with Crippen LogP contribution in [0.2, 0.25) is 0 Å². The van der Waals surface area contributed by atoms with Crippen molar-refractivity contribution in [1.29, 1.82) is 0 Å². The van der Waals surface area contributed by atoms with E-state index in [1.165, 1.54) is 17.6 Å². The summed E-state index contributed by atoms with van der Waals surface area (Å²) in [6, 6.07) is 20.1. The number of hydrogen-bond donors (Lipinski definition) is 0. The molecule has 1 heterocycles. The lowest BCUT2D eigenvalue weighted by Crippen LogP contribution is -2.30. The molecule has 0 saturated heterocycles. The van der Waals surface area contributed by atoms with Crippen molar-refractivity contribution in [3.63, 3.8) is 0 Å². The fourth-order valence-electron chi connectivity index (χ4n) is 3.25. The molecule has 0 aliphatic rings. The van der Waals surface area contributed by atoms with E-state index in [2.05, 4.69) is 11.6 Å². The number of sulfone groups is 1. The van der Waals surface area contributed by atoms with Crippen LogP contribution in [-0.4, -0.2) is 32.1 Å². The van der Waals surface area contributed by atoms with Crippen molar-refractivity contribution >= 4 is 43.0 Å². The van der Waals surface area contributed by atoms with Crippen LogP contribution in [0.5, 0.6) is 0 Å². The molecule has 0 radical (unpaired) electrons. The number of nitrogens with zero attached hydrogens (tertiary/aromatic N) is 2. The van der Waals surface area contributed by atoms with Crippen LogP contribution in [0.25, 0.3) is 22.0 Å². The Hall–Kier alpha value is -3.29. The van der Waals surface area contributed by atoms with E-state index >= 15 is 0 Å². The number of hydrogen-bond acceptors (Lipinski definition) is 5. The Balaban J connectivity index is 1.65. The molecule has 156 valence electrons. The number of amides is 1. The van der Waals surface area contributed by atoms with Gasteiger partial charge in [-0.25, -0.2) is 13.4 Å². The van der Waals surface area contributed by atoms with Crippen molar-refractivity contribution in [3.05, 3.63) is 90.3 Å². The molecule has 5 nitrogen and oxygen atoms in total. The first-order valence-corrected chi connectivity index (χ1v) is 12.3. The molecule has 31 heavy (non-hydrogen) atoms. The highest BCUT2D eigenvalue weighted by atomic mass is 32.2. The van der Waals surface area contributed by atoms with Gasteiger partial charge in [-0.1, -0.05) is 48.5 Å². The van der Waals surface area contributed by atoms with Gasteiger partial charge in [-0.15, -0.1) is 17.9 Å². The average Bonchev–Trinajstić information content (AvgIpc) is 3.26. The maximum absolute atomic E-state index is 13.3. The van der Waals surface area contributed by atoms with Gasteiger partial charge < -0.3 is 0 Å². The zero-order valence-electron chi connectivity index (χ0n) is 16.9. The van der Waals surface area contributed by atoms with E-state index in [9.17, 15) is 13.2 Å². The molecule has 4 rings (SSSR count). The molecule has 7 heteroatoms. The number of fused-ring (bicyclic) bond motifs is 1. The van der Waals surface area contributed by atoms with E-state index < -0.39 is 9.84 Å². The molecule has 0 fully saturated rings. The topological polar surface area (TPSA) is 67.3 Å². The van der Waals surface area contributed by atoms with Gasteiger partial charge in [-0.3, -0.25) is 9.69 Å². The Morgan fingerprint density at radius 1 is 1.06 bits per heavy atom. The third-order valence-corrected chi connectivity index (χ3v) is 6.85. The molecule has 0 atom stereocenters. The van der Waals surface area contributed by atoms with Crippen LogP contribution in [0.1, 0.15) is 10.4 Å². The van der Waals surface area contributed by atoms with E-state index in [-0.39, 0.29) is 10.8 Å². The number of thiazole rings is 1. The molecule has 0 bridgehead atoms. The summed E-state index contributed by atoms with van der Waals surface area (Å²) < 4.78 is 23.3. The Morgan fingerprint density at radius 3 is 2.45 bits per heavy atom. The second-order valence-electron chi connectivity index (χ2n) is 7.08. The van der Waals surface area contributed by atoms with Crippen molar-refractivity contribution in [2.75, 3.05) is 17.7 Å². The van der Waals surface area contributed by atoms with Gasteiger partial charge in [-0.2, -0.15) is 0 Å². The lowest BCUT2D eigenvalue weighted by atomic mass is 10.1. The second-order valence-corrected chi connectivity index (χ2v) is 9.93. The highest BCUT2D eigenvalue weighted by molar-refractivity contribution is 7.90. The fourth-order valence-corrected chi connectivity index (χ4v) is 4.72. The second kappa shape index (κ2) is 8.45. The fraction of sp³-hybridized carbons (Fsp3) is 0.0833. The summed E-state index contributed by atoms with van der Waals surface area (Å²) in [7, 11) is -3.26. The minimum atomic E-state index is -3.26. The van der Waals surface area contributed by atoms with Gasteiger partial charge in [0.2, 0.25) is 0 Å². The standard InChI is InChI=1S/C24H20N2O3S2/c1-3-14-26(23(27)20-9-8-17-6-4-5-7-19(17)15-20)24-25-22(16-30-24)18-10-12-21(13-11-18)31(2,28)29/h3-13,15-16H,1,14H2,2H3. The van der Waals surface area contributed by atoms with Gasteiger partial charge in [0.05, 0.1) is 10.6 Å². The predicted molar refractivity (Wildman–Crippen MR) is 126 cm³/mol. The van der Waals surface area contributed by atoms with E-state index in [0.29, 0.717) is 22.9 Å². The van der Waals surface area contributed by atoms with Crippen molar-refractivity contribution < 1.29 is 13.2 Å². The lowest BCUT2D eigenvalue weighted by molar-refractivity contribution is 0.0990. The first-order chi connectivity index (χ1) is 14.9. The van der Waals surface area contributed by atoms with E-state index in [4.69, 9.17) is 0 Å².